The fourth-order valence-corrected chi connectivity index (χ4v) is 1.54. The number of esters is 1. The zero-order valence-corrected chi connectivity index (χ0v) is 10.6. The summed E-state index contributed by atoms with van der Waals surface area (Å²) in [6.07, 6.45) is 1.39. The van der Waals surface area contributed by atoms with Crippen LogP contribution in [0, 0.1) is 6.57 Å². The number of ether oxygens (including phenoxy) is 1. The molecule has 1 aromatic carbocycles. The van der Waals surface area contributed by atoms with Gasteiger partial charge in [0.15, 0.2) is 0 Å². The number of hydrogen-bond acceptors (Lipinski definition) is 4. The Kier molecular flexibility index (Phi) is 5.73. The molecule has 0 aliphatic carbocycles. The summed E-state index contributed by atoms with van der Waals surface area (Å²) in [5, 5.41) is 18.3. The zero-order chi connectivity index (χ0) is 14.3. The molecular formula is C14H15NO4. The van der Waals surface area contributed by atoms with Crippen molar-refractivity contribution in [1.29, 1.82) is 0 Å². The van der Waals surface area contributed by atoms with Gasteiger partial charge in [0, 0.05) is 0 Å². The first kappa shape index (κ1) is 14.9. The van der Waals surface area contributed by atoms with E-state index in [9.17, 15) is 9.90 Å². The van der Waals surface area contributed by atoms with Crippen LogP contribution >= 0.6 is 0 Å². The van der Waals surface area contributed by atoms with Crippen LogP contribution < -0.4 is 0 Å². The Bertz CT molecular complexity index is 529. The second-order valence-corrected chi connectivity index (χ2v) is 3.71. The highest BCUT2D eigenvalue weighted by molar-refractivity contribution is 5.95. The number of aliphatic hydroxyl groups excluding tert-OH is 2. The summed E-state index contributed by atoms with van der Waals surface area (Å²) < 4.78 is 4.76. The molecule has 100 valence electrons. The number of rotatable bonds is 5. The van der Waals surface area contributed by atoms with Crippen molar-refractivity contribution in [1.82, 2.24) is 0 Å². The van der Waals surface area contributed by atoms with Gasteiger partial charge in [0.05, 0.1) is 26.4 Å². The third kappa shape index (κ3) is 3.91. The molecular weight excluding hydrogens is 246 g/mol. The number of aliphatic hydroxyl groups is 2. The van der Waals surface area contributed by atoms with E-state index in [-0.39, 0.29) is 25.5 Å². The Morgan fingerprint density at radius 1 is 1.37 bits per heavy atom. The maximum absolute atomic E-state index is 11.5. The third-order valence-corrected chi connectivity index (χ3v) is 2.48. The van der Waals surface area contributed by atoms with E-state index in [0.29, 0.717) is 16.7 Å². The lowest BCUT2D eigenvalue weighted by molar-refractivity contribution is -0.138. The summed E-state index contributed by atoms with van der Waals surface area (Å²) >= 11 is 0. The van der Waals surface area contributed by atoms with Crippen molar-refractivity contribution in [3.8, 4) is 0 Å². The molecule has 5 heteroatoms. The Labute approximate surface area is 111 Å². The molecule has 0 aromatic heterocycles. The van der Waals surface area contributed by atoms with Crippen molar-refractivity contribution in [3.05, 3.63) is 52.0 Å². The largest absolute Gasteiger partial charge is 0.471 e. The second-order valence-electron chi connectivity index (χ2n) is 3.71. The molecule has 0 atom stereocenters. The minimum atomic E-state index is -0.672. The molecule has 1 aromatic rings. The van der Waals surface area contributed by atoms with Crippen LogP contribution in [0.1, 0.15) is 23.6 Å². The molecule has 2 N–H and O–H groups in total. The summed E-state index contributed by atoms with van der Waals surface area (Å²) in [6.45, 7) is 8.44. The molecule has 0 bridgehead atoms. The van der Waals surface area contributed by atoms with E-state index < -0.39 is 5.97 Å². The number of hydrogen-bond donors (Lipinski definition) is 2. The fourth-order valence-electron chi connectivity index (χ4n) is 1.54. The summed E-state index contributed by atoms with van der Waals surface area (Å²) in [7, 11) is 0. The first-order valence-electron chi connectivity index (χ1n) is 5.76. The smallest absolute Gasteiger partial charge is 0.336 e. The van der Waals surface area contributed by atoms with Crippen LogP contribution in [-0.2, 0) is 22.7 Å². The topological polar surface area (TPSA) is 71.1 Å². The lowest BCUT2D eigenvalue weighted by atomic mass is 10.0. The third-order valence-electron chi connectivity index (χ3n) is 2.48. The van der Waals surface area contributed by atoms with E-state index in [1.54, 1.807) is 25.1 Å². The Hall–Kier alpha value is -2.16. The van der Waals surface area contributed by atoms with Gasteiger partial charge in [0.1, 0.15) is 0 Å². The van der Waals surface area contributed by atoms with Gasteiger partial charge in [0.25, 0.3) is 5.70 Å². The fraction of sp³-hybridized carbons (Fsp3) is 0.286. The standard InChI is InChI=1S/C14H15NO4/c1-3-19-14(18)13(15-2)7-10-4-5-11(8-16)12(6-10)9-17/h4-7,16-17H,3,8-9H2,1H3/b13-7-. The monoisotopic (exact) mass is 261 g/mol. The molecule has 0 heterocycles. The van der Waals surface area contributed by atoms with E-state index in [2.05, 4.69) is 4.85 Å². The molecule has 0 saturated carbocycles. The number of carbonyl (C=O) groups is 1. The van der Waals surface area contributed by atoms with Gasteiger partial charge < -0.3 is 14.9 Å². The van der Waals surface area contributed by atoms with Crippen molar-refractivity contribution >= 4 is 12.0 Å². The number of benzene rings is 1. The van der Waals surface area contributed by atoms with Crippen LogP contribution in [0.2, 0.25) is 0 Å². The molecule has 0 aliphatic heterocycles. The molecule has 1 rings (SSSR count). The quantitative estimate of drug-likeness (QED) is 0.478. The van der Waals surface area contributed by atoms with Crippen LogP contribution in [0.15, 0.2) is 23.9 Å². The van der Waals surface area contributed by atoms with Crippen LogP contribution in [0.4, 0.5) is 0 Å². The van der Waals surface area contributed by atoms with Gasteiger partial charge in [-0.05, 0) is 29.7 Å². The maximum Gasteiger partial charge on any atom is 0.336 e. The van der Waals surface area contributed by atoms with Crippen molar-refractivity contribution in [2.75, 3.05) is 6.61 Å². The molecule has 0 amide bonds. The van der Waals surface area contributed by atoms with E-state index in [1.165, 1.54) is 6.08 Å². The number of carbonyl (C=O) groups excluding carboxylic acids is 1. The van der Waals surface area contributed by atoms with Gasteiger partial charge in [-0.15, -0.1) is 0 Å². The zero-order valence-electron chi connectivity index (χ0n) is 10.6. The van der Waals surface area contributed by atoms with Crippen LogP contribution in [0.3, 0.4) is 0 Å². The molecule has 0 unspecified atom stereocenters. The van der Waals surface area contributed by atoms with Gasteiger partial charge in [-0.1, -0.05) is 18.2 Å². The highest BCUT2D eigenvalue weighted by Crippen LogP contribution is 2.16. The Balaban J connectivity index is 3.09. The molecule has 0 radical (unpaired) electrons. The first-order valence-corrected chi connectivity index (χ1v) is 5.76. The van der Waals surface area contributed by atoms with Gasteiger partial charge >= 0.3 is 5.97 Å². The van der Waals surface area contributed by atoms with Crippen LogP contribution in [0.5, 0.6) is 0 Å². The predicted molar refractivity (Wildman–Crippen MR) is 69.5 cm³/mol. The van der Waals surface area contributed by atoms with Crippen molar-refractivity contribution in [2.24, 2.45) is 0 Å². The minimum Gasteiger partial charge on any atom is -0.471 e. The van der Waals surface area contributed by atoms with Gasteiger partial charge in [0.2, 0.25) is 0 Å². The van der Waals surface area contributed by atoms with E-state index >= 15 is 0 Å². The highest BCUT2D eigenvalue weighted by Gasteiger charge is 2.11. The van der Waals surface area contributed by atoms with Crippen molar-refractivity contribution in [3.63, 3.8) is 0 Å². The average Bonchev–Trinajstić information content (AvgIpc) is 2.44. The molecule has 0 aliphatic rings. The second kappa shape index (κ2) is 7.31. The van der Waals surface area contributed by atoms with Gasteiger partial charge in [-0.2, -0.15) is 0 Å². The highest BCUT2D eigenvalue weighted by atomic mass is 16.5. The van der Waals surface area contributed by atoms with Crippen LogP contribution in [-0.4, -0.2) is 22.8 Å². The van der Waals surface area contributed by atoms with Gasteiger partial charge in [-0.25, -0.2) is 4.85 Å². The van der Waals surface area contributed by atoms with E-state index in [1.807, 2.05) is 0 Å². The normalized spacial score (nSPS) is 10.9. The Morgan fingerprint density at radius 3 is 2.58 bits per heavy atom. The van der Waals surface area contributed by atoms with Crippen molar-refractivity contribution < 1.29 is 19.7 Å². The lowest BCUT2D eigenvalue weighted by Gasteiger charge is -2.06. The molecule has 19 heavy (non-hydrogen) atoms. The summed E-state index contributed by atoms with van der Waals surface area (Å²) in [5.74, 6) is -0.672. The summed E-state index contributed by atoms with van der Waals surface area (Å²) in [4.78, 5) is 14.6. The summed E-state index contributed by atoms with van der Waals surface area (Å²) in [6, 6.07) is 4.93. The van der Waals surface area contributed by atoms with Crippen LogP contribution in [0.25, 0.3) is 10.9 Å². The molecule has 5 nitrogen and oxygen atoms in total. The molecule has 0 saturated heterocycles. The Morgan fingerprint density at radius 2 is 2.05 bits per heavy atom. The van der Waals surface area contributed by atoms with E-state index in [4.69, 9.17) is 16.4 Å². The van der Waals surface area contributed by atoms with E-state index in [0.717, 1.165) is 0 Å². The lowest BCUT2D eigenvalue weighted by Crippen LogP contribution is -2.05. The maximum atomic E-state index is 11.5. The SMILES string of the molecule is [C-]#[N+]/C(=C\c1ccc(CO)c(CO)c1)C(=O)OCC. The average molecular weight is 261 g/mol. The summed E-state index contributed by atoms with van der Waals surface area (Å²) in [5.41, 5.74) is 1.65. The molecule has 0 fully saturated rings. The first-order chi connectivity index (χ1) is 9.15. The van der Waals surface area contributed by atoms with Crippen molar-refractivity contribution in [2.45, 2.75) is 20.1 Å². The minimum absolute atomic E-state index is 0.123. The van der Waals surface area contributed by atoms with Gasteiger partial charge in [-0.3, -0.25) is 4.79 Å². The number of nitrogens with zero attached hydrogens (tertiary/aromatic N) is 1. The predicted octanol–water partition coefficient (Wildman–Crippen LogP) is 1.49. The molecule has 0 spiro atoms.